The van der Waals surface area contributed by atoms with E-state index in [4.69, 9.17) is 14.2 Å². The van der Waals surface area contributed by atoms with Gasteiger partial charge >= 0.3 is 0 Å². The van der Waals surface area contributed by atoms with Crippen LogP contribution < -0.4 is 9.47 Å². The highest BCUT2D eigenvalue weighted by Crippen LogP contribution is 2.40. The zero-order valence-corrected chi connectivity index (χ0v) is 9.43. The molecule has 0 N–H and O–H groups in total. The Balaban J connectivity index is 2.56. The first-order chi connectivity index (χ1) is 8.13. The number of hydrogen-bond acceptors (Lipinski definition) is 5. The highest BCUT2D eigenvalue weighted by molar-refractivity contribution is 5.74. The maximum absolute atomic E-state index is 11.0. The first-order valence-corrected chi connectivity index (χ1v) is 4.91. The summed E-state index contributed by atoms with van der Waals surface area (Å²) in [6, 6.07) is 2.95. The van der Waals surface area contributed by atoms with Crippen LogP contribution in [0.1, 0.15) is 12.5 Å². The van der Waals surface area contributed by atoms with Crippen molar-refractivity contribution in [3.05, 3.63) is 34.1 Å². The molecule has 6 heteroatoms. The summed E-state index contributed by atoms with van der Waals surface area (Å²) in [5.74, 6) is 0.903. The van der Waals surface area contributed by atoms with Gasteiger partial charge in [-0.2, -0.15) is 0 Å². The van der Waals surface area contributed by atoms with Gasteiger partial charge in [-0.25, -0.2) is 0 Å². The average molecular weight is 237 g/mol. The Labute approximate surface area is 97.6 Å². The van der Waals surface area contributed by atoms with Gasteiger partial charge in [0.25, 0.3) is 5.69 Å². The van der Waals surface area contributed by atoms with Crippen LogP contribution in [0.3, 0.4) is 0 Å². The van der Waals surface area contributed by atoms with Crippen molar-refractivity contribution >= 4 is 11.3 Å². The Bertz CT molecular complexity index is 495. The van der Waals surface area contributed by atoms with Crippen LogP contribution in [0.5, 0.6) is 11.5 Å². The van der Waals surface area contributed by atoms with Gasteiger partial charge in [-0.15, -0.1) is 0 Å². The molecule has 0 amide bonds. The Morgan fingerprint density at radius 3 is 2.71 bits per heavy atom. The summed E-state index contributed by atoms with van der Waals surface area (Å²) in [6.07, 6.45) is 1.45. The predicted octanol–water partition coefficient (Wildman–Crippen LogP) is 2.33. The lowest BCUT2D eigenvalue weighted by Crippen LogP contribution is -1.94. The Morgan fingerprint density at radius 2 is 2.12 bits per heavy atom. The molecule has 2 rings (SSSR count). The number of ether oxygens (including phenoxy) is 3. The van der Waals surface area contributed by atoms with E-state index in [1.807, 2.05) is 0 Å². The largest absolute Gasteiger partial charge is 0.504 e. The highest BCUT2D eigenvalue weighted by atomic mass is 16.7. The van der Waals surface area contributed by atoms with E-state index >= 15 is 0 Å². The summed E-state index contributed by atoms with van der Waals surface area (Å²) < 4.78 is 15.2. The second kappa shape index (κ2) is 4.32. The fourth-order valence-electron chi connectivity index (χ4n) is 1.64. The van der Waals surface area contributed by atoms with Gasteiger partial charge in [0.2, 0.25) is 6.79 Å². The molecule has 0 aromatic heterocycles. The van der Waals surface area contributed by atoms with Gasteiger partial charge in [-0.1, -0.05) is 0 Å². The normalized spacial score (nSPS) is 13.6. The van der Waals surface area contributed by atoms with Gasteiger partial charge in [0.15, 0.2) is 11.5 Å². The molecule has 6 nitrogen and oxygen atoms in total. The minimum atomic E-state index is -0.454. The van der Waals surface area contributed by atoms with Gasteiger partial charge in [0, 0.05) is 0 Å². The van der Waals surface area contributed by atoms with E-state index in [0.29, 0.717) is 22.6 Å². The van der Waals surface area contributed by atoms with Crippen LogP contribution in [0.2, 0.25) is 0 Å². The van der Waals surface area contributed by atoms with E-state index in [9.17, 15) is 10.1 Å². The number of benzene rings is 1. The van der Waals surface area contributed by atoms with E-state index in [1.54, 1.807) is 13.0 Å². The number of fused-ring (bicyclic) bond motifs is 1. The Morgan fingerprint density at radius 1 is 1.47 bits per heavy atom. The molecule has 0 unspecified atom stereocenters. The zero-order valence-electron chi connectivity index (χ0n) is 9.43. The first kappa shape index (κ1) is 11.3. The lowest BCUT2D eigenvalue weighted by Gasteiger charge is -2.05. The molecule has 1 aliphatic heterocycles. The molecule has 0 saturated carbocycles. The number of hydrogen-bond donors (Lipinski definition) is 0. The molecule has 0 aliphatic carbocycles. The van der Waals surface area contributed by atoms with Crippen molar-refractivity contribution in [1.29, 1.82) is 0 Å². The minimum Gasteiger partial charge on any atom is -0.504 e. The van der Waals surface area contributed by atoms with Gasteiger partial charge in [-0.05, 0) is 18.6 Å². The second-order valence-electron chi connectivity index (χ2n) is 3.52. The van der Waals surface area contributed by atoms with Crippen molar-refractivity contribution in [2.75, 3.05) is 13.9 Å². The number of nitro groups is 1. The van der Waals surface area contributed by atoms with Gasteiger partial charge in [0.1, 0.15) is 0 Å². The summed E-state index contributed by atoms with van der Waals surface area (Å²) in [7, 11) is 1.49. The average Bonchev–Trinajstić information content (AvgIpc) is 2.74. The molecular weight excluding hydrogens is 226 g/mol. The van der Waals surface area contributed by atoms with E-state index < -0.39 is 4.92 Å². The molecule has 0 bridgehead atoms. The quantitative estimate of drug-likeness (QED) is 0.458. The smallest absolute Gasteiger partial charge is 0.280 e. The third kappa shape index (κ3) is 2.01. The van der Waals surface area contributed by atoms with Crippen molar-refractivity contribution in [3.8, 4) is 11.5 Å². The standard InChI is InChI=1S/C11H11NO5/c1-7(5-15-2)8-3-10-11(17-6-16-10)4-9(8)12(13)14/h3-5H,6H2,1-2H3. The van der Waals surface area contributed by atoms with Crippen LogP contribution in [0.4, 0.5) is 5.69 Å². The zero-order chi connectivity index (χ0) is 12.4. The molecule has 1 heterocycles. The highest BCUT2D eigenvalue weighted by Gasteiger charge is 2.24. The van der Waals surface area contributed by atoms with Gasteiger partial charge in [0.05, 0.1) is 29.9 Å². The fourth-order valence-corrected chi connectivity index (χ4v) is 1.64. The van der Waals surface area contributed by atoms with Crippen LogP contribution in [0.25, 0.3) is 5.57 Å². The SMILES string of the molecule is COC=C(C)c1cc2c(cc1[N+](=O)[O-])OCO2. The van der Waals surface area contributed by atoms with Crippen molar-refractivity contribution < 1.29 is 19.1 Å². The lowest BCUT2D eigenvalue weighted by atomic mass is 10.1. The monoisotopic (exact) mass is 237 g/mol. The molecule has 0 fully saturated rings. The van der Waals surface area contributed by atoms with Crippen LogP contribution in [-0.4, -0.2) is 18.8 Å². The first-order valence-electron chi connectivity index (χ1n) is 4.91. The molecule has 90 valence electrons. The van der Waals surface area contributed by atoms with Crippen LogP contribution >= 0.6 is 0 Å². The summed E-state index contributed by atoms with van der Waals surface area (Å²) in [6.45, 7) is 1.82. The third-order valence-corrected chi connectivity index (χ3v) is 2.41. The number of rotatable bonds is 3. The van der Waals surface area contributed by atoms with Crippen LogP contribution in [0.15, 0.2) is 18.4 Å². The summed E-state index contributed by atoms with van der Waals surface area (Å²) in [5, 5.41) is 11.0. The van der Waals surface area contributed by atoms with Crippen molar-refractivity contribution in [3.63, 3.8) is 0 Å². The minimum absolute atomic E-state index is 0.0277. The van der Waals surface area contributed by atoms with E-state index in [2.05, 4.69) is 0 Å². The lowest BCUT2D eigenvalue weighted by molar-refractivity contribution is -0.385. The van der Waals surface area contributed by atoms with Gasteiger partial charge in [-0.3, -0.25) is 10.1 Å². The summed E-state index contributed by atoms with van der Waals surface area (Å²) in [4.78, 5) is 10.5. The summed E-state index contributed by atoms with van der Waals surface area (Å²) >= 11 is 0. The molecule has 0 atom stereocenters. The molecule has 0 spiro atoms. The molecular formula is C11H11NO5. The number of nitro benzene ring substituents is 1. The van der Waals surface area contributed by atoms with Crippen LogP contribution in [-0.2, 0) is 4.74 Å². The van der Waals surface area contributed by atoms with E-state index in [1.165, 1.54) is 19.4 Å². The third-order valence-electron chi connectivity index (χ3n) is 2.41. The van der Waals surface area contributed by atoms with Gasteiger partial charge < -0.3 is 14.2 Å². The number of allylic oxidation sites excluding steroid dienone is 1. The molecule has 17 heavy (non-hydrogen) atoms. The fraction of sp³-hybridized carbons (Fsp3) is 0.273. The number of nitrogens with zero attached hydrogens (tertiary/aromatic N) is 1. The maximum Gasteiger partial charge on any atom is 0.280 e. The van der Waals surface area contributed by atoms with E-state index in [0.717, 1.165) is 0 Å². The molecule has 1 aliphatic rings. The van der Waals surface area contributed by atoms with E-state index in [-0.39, 0.29) is 12.5 Å². The van der Waals surface area contributed by atoms with Crippen LogP contribution in [0, 0.1) is 10.1 Å². The molecule has 0 radical (unpaired) electrons. The Hall–Kier alpha value is -2.24. The molecule has 1 aromatic rings. The predicted molar refractivity (Wildman–Crippen MR) is 59.9 cm³/mol. The number of methoxy groups -OCH3 is 1. The van der Waals surface area contributed by atoms with Crippen molar-refractivity contribution in [2.24, 2.45) is 0 Å². The molecule has 1 aromatic carbocycles. The molecule has 0 saturated heterocycles. The van der Waals surface area contributed by atoms with Crippen molar-refractivity contribution in [2.45, 2.75) is 6.92 Å². The maximum atomic E-state index is 11.0. The Kier molecular flexibility index (Phi) is 2.86. The van der Waals surface area contributed by atoms with Crippen molar-refractivity contribution in [1.82, 2.24) is 0 Å². The topological polar surface area (TPSA) is 70.8 Å². The second-order valence-corrected chi connectivity index (χ2v) is 3.52. The summed E-state index contributed by atoms with van der Waals surface area (Å²) in [5.41, 5.74) is 1.08.